The van der Waals surface area contributed by atoms with Gasteiger partial charge in [0.2, 0.25) is 0 Å². The molecule has 1 N–H and O–H groups in total. The lowest BCUT2D eigenvalue weighted by Crippen LogP contribution is -2.43. The molecule has 1 aliphatic rings. The van der Waals surface area contributed by atoms with E-state index in [4.69, 9.17) is 4.74 Å². The van der Waals surface area contributed by atoms with Crippen molar-refractivity contribution < 1.29 is 14.2 Å². The highest BCUT2D eigenvalue weighted by Crippen LogP contribution is 2.44. The number of benzene rings is 1. The standard InChI is InChI=1S/C16H22BrFO2/c1-3-20-16(8-6-11(2)7-9-16)15(19)13-10-12(17)4-5-14(13)18/h4-5,10-11,15,19H,3,6-9H2,1-2H3. The highest BCUT2D eigenvalue weighted by atomic mass is 79.9. The molecule has 20 heavy (non-hydrogen) atoms. The maximum absolute atomic E-state index is 14.0. The largest absolute Gasteiger partial charge is 0.385 e. The maximum atomic E-state index is 14.0. The van der Waals surface area contributed by atoms with Crippen molar-refractivity contribution in [2.45, 2.75) is 51.2 Å². The molecule has 0 heterocycles. The SMILES string of the molecule is CCOC1(C(O)c2cc(Br)ccc2F)CCC(C)CC1. The Morgan fingerprint density at radius 3 is 2.70 bits per heavy atom. The van der Waals surface area contributed by atoms with Crippen LogP contribution in [0.1, 0.15) is 51.2 Å². The average molecular weight is 345 g/mol. The maximum Gasteiger partial charge on any atom is 0.129 e. The molecule has 1 aromatic rings. The molecule has 112 valence electrons. The third-order valence-corrected chi connectivity index (χ3v) is 4.80. The van der Waals surface area contributed by atoms with Crippen LogP contribution in [0.3, 0.4) is 0 Å². The molecule has 1 aliphatic carbocycles. The van der Waals surface area contributed by atoms with Crippen LogP contribution in [-0.4, -0.2) is 17.3 Å². The summed E-state index contributed by atoms with van der Waals surface area (Å²) in [6.07, 6.45) is 2.64. The minimum Gasteiger partial charge on any atom is -0.385 e. The van der Waals surface area contributed by atoms with Gasteiger partial charge in [-0.25, -0.2) is 4.39 Å². The number of aliphatic hydroxyl groups is 1. The molecule has 1 aromatic carbocycles. The van der Waals surface area contributed by atoms with E-state index in [-0.39, 0.29) is 5.82 Å². The fraction of sp³-hybridized carbons (Fsp3) is 0.625. The van der Waals surface area contributed by atoms with Crippen LogP contribution in [0.5, 0.6) is 0 Å². The summed E-state index contributed by atoms with van der Waals surface area (Å²) in [5.74, 6) is 0.265. The lowest BCUT2D eigenvalue weighted by atomic mass is 9.74. The van der Waals surface area contributed by atoms with Crippen molar-refractivity contribution in [2.75, 3.05) is 6.61 Å². The van der Waals surface area contributed by atoms with Crippen molar-refractivity contribution in [3.8, 4) is 0 Å². The van der Waals surface area contributed by atoms with Gasteiger partial charge in [-0.1, -0.05) is 22.9 Å². The number of halogens is 2. The molecule has 0 radical (unpaired) electrons. The van der Waals surface area contributed by atoms with E-state index < -0.39 is 11.7 Å². The molecular formula is C16H22BrFO2. The Balaban J connectivity index is 2.31. The third-order valence-electron chi connectivity index (χ3n) is 4.30. The monoisotopic (exact) mass is 344 g/mol. The minimum absolute atomic E-state index is 0.322. The lowest BCUT2D eigenvalue weighted by Gasteiger charge is -2.42. The zero-order chi connectivity index (χ0) is 14.8. The summed E-state index contributed by atoms with van der Waals surface area (Å²) in [7, 11) is 0. The molecule has 1 saturated carbocycles. The Hall–Kier alpha value is -0.450. The topological polar surface area (TPSA) is 29.5 Å². The van der Waals surface area contributed by atoms with E-state index in [1.54, 1.807) is 12.1 Å². The second-order valence-electron chi connectivity index (χ2n) is 5.75. The van der Waals surface area contributed by atoms with E-state index in [0.29, 0.717) is 18.1 Å². The smallest absolute Gasteiger partial charge is 0.129 e. The Morgan fingerprint density at radius 1 is 1.45 bits per heavy atom. The average Bonchev–Trinajstić information content (AvgIpc) is 2.44. The van der Waals surface area contributed by atoms with Gasteiger partial charge in [-0.05, 0) is 56.7 Å². The quantitative estimate of drug-likeness (QED) is 0.864. The van der Waals surface area contributed by atoms with Crippen LogP contribution in [0.15, 0.2) is 22.7 Å². The molecule has 0 spiro atoms. The normalized spacial score (nSPS) is 28.4. The summed E-state index contributed by atoms with van der Waals surface area (Å²) in [4.78, 5) is 0. The molecule has 1 atom stereocenters. The molecule has 0 bridgehead atoms. The summed E-state index contributed by atoms with van der Waals surface area (Å²) >= 11 is 3.34. The molecule has 1 unspecified atom stereocenters. The van der Waals surface area contributed by atoms with Crippen LogP contribution < -0.4 is 0 Å². The molecule has 2 nitrogen and oxygen atoms in total. The van der Waals surface area contributed by atoms with E-state index in [1.165, 1.54) is 6.07 Å². The zero-order valence-corrected chi connectivity index (χ0v) is 13.6. The predicted molar refractivity (Wildman–Crippen MR) is 81.0 cm³/mol. The van der Waals surface area contributed by atoms with E-state index in [1.807, 2.05) is 6.92 Å². The number of hydrogen-bond donors (Lipinski definition) is 1. The van der Waals surface area contributed by atoms with Gasteiger partial charge < -0.3 is 9.84 Å². The molecular weight excluding hydrogens is 323 g/mol. The van der Waals surface area contributed by atoms with E-state index in [2.05, 4.69) is 22.9 Å². The van der Waals surface area contributed by atoms with E-state index >= 15 is 0 Å². The molecule has 2 rings (SSSR count). The number of hydrogen-bond acceptors (Lipinski definition) is 2. The third kappa shape index (κ3) is 3.23. The molecule has 4 heteroatoms. The first-order chi connectivity index (χ1) is 9.48. The van der Waals surface area contributed by atoms with Gasteiger partial charge in [-0.15, -0.1) is 0 Å². The fourth-order valence-corrected chi connectivity index (χ4v) is 3.42. The number of aliphatic hydroxyl groups excluding tert-OH is 1. The van der Waals surface area contributed by atoms with Crippen molar-refractivity contribution in [1.29, 1.82) is 0 Å². The molecule has 0 aliphatic heterocycles. The van der Waals surface area contributed by atoms with Crippen molar-refractivity contribution in [3.63, 3.8) is 0 Å². The van der Waals surface area contributed by atoms with E-state index in [0.717, 1.165) is 30.2 Å². The van der Waals surface area contributed by atoms with Crippen molar-refractivity contribution in [2.24, 2.45) is 5.92 Å². The first-order valence-electron chi connectivity index (χ1n) is 7.25. The highest BCUT2D eigenvalue weighted by Gasteiger charge is 2.43. The Kier molecular flexibility index (Phi) is 5.21. The second-order valence-corrected chi connectivity index (χ2v) is 6.66. The summed E-state index contributed by atoms with van der Waals surface area (Å²) in [6.45, 7) is 4.66. The minimum atomic E-state index is -0.924. The first kappa shape index (κ1) is 15.9. The lowest BCUT2D eigenvalue weighted by molar-refractivity contribution is -0.147. The predicted octanol–water partition coefficient (Wildman–Crippen LogP) is 4.61. The van der Waals surface area contributed by atoms with Crippen LogP contribution in [0.2, 0.25) is 0 Å². The van der Waals surface area contributed by atoms with Crippen LogP contribution in [-0.2, 0) is 4.74 Å². The number of ether oxygens (including phenoxy) is 1. The van der Waals surface area contributed by atoms with Crippen LogP contribution >= 0.6 is 15.9 Å². The molecule has 0 amide bonds. The fourth-order valence-electron chi connectivity index (χ4n) is 3.04. The Morgan fingerprint density at radius 2 is 2.10 bits per heavy atom. The Bertz CT molecular complexity index is 456. The van der Waals surface area contributed by atoms with Gasteiger partial charge in [-0.2, -0.15) is 0 Å². The van der Waals surface area contributed by atoms with Gasteiger partial charge in [0, 0.05) is 16.6 Å². The first-order valence-corrected chi connectivity index (χ1v) is 8.05. The van der Waals surface area contributed by atoms with Gasteiger partial charge in [0.25, 0.3) is 0 Å². The summed E-state index contributed by atoms with van der Waals surface area (Å²) < 4.78 is 20.7. The van der Waals surface area contributed by atoms with Gasteiger partial charge in [0.15, 0.2) is 0 Å². The Labute approximate surface area is 128 Å². The van der Waals surface area contributed by atoms with Gasteiger partial charge >= 0.3 is 0 Å². The zero-order valence-electron chi connectivity index (χ0n) is 12.0. The molecule has 0 aromatic heterocycles. The van der Waals surface area contributed by atoms with Crippen LogP contribution in [0.4, 0.5) is 4.39 Å². The van der Waals surface area contributed by atoms with E-state index in [9.17, 15) is 9.50 Å². The molecule has 1 fully saturated rings. The summed E-state index contributed by atoms with van der Waals surface area (Å²) in [6, 6.07) is 4.67. The van der Waals surface area contributed by atoms with Crippen LogP contribution in [0.25, 0.3) is 0 Å². The van der Waals surface area contributed by atoms with Crippen LogP contribution in [0, 0.1) is 11.7 Å². The van der Waals surface area contributed by atoms with Crippen molar-refractivity contribution in [3.05, 3.63) is 34.1 Å². The number of rotatable bonds is 4. The van der Waals surface area contributed by atoms with Gasteiger partial charge in [-0.3, -0.25) is 0 Å². The summed E-state index contributed by atoms with van der Waals surface area (Å²) in [5, 5.41) is 10.7. The second kappa shape index (κ2) is 6.54. The summed E-state index contributed by atoms with van der Waals surface area (Å²) in [5.41, 5.74) is -0.328. The van der Waals surface area contributed by atoms with Gasteiger partial charge in [0.1, 0.15) is 11.9 Å². The van der Waals surface area contributed by atoms with Gasteiger partial charge in [0.05, 0.1) is 5.60 Å². The van der Waals surface area contributed by atoms with Crippen molar-refractivity contribution in [1.82, 2.24) is 0 Å². The van der Waals surface area contributed by atoms with Crippen molar-refractivity contribution >= 4 is 15.9 Å². The molecule has 0 saturated heterocycles. The highest BCUT2D eigenvalue weighted by molar-refractivity contribution is 9.10.